The molecule has 2 aromatic rings. The molecule has 1 N–H and O–H groups in total. The maximum Gasteiger partial charge on any atom is 0.417 e. The third-order valence-corrected chi connectivity index (χ3v) is 3.46. The predicted molar refractivity (Wildman–Crippen MR) is 64.5 cm³/mol. The van der Waals surface area contributed by atoms with Crippen LogP contribution in [0.2, 0.25) is 0 Å². The molecule has 0 saturated carbocycles. The highest BCUT2D eigenvalue weighted by Crippen LogP contribution is 2.30. The lowest BCUT2D eigenvalue weighted by Gasteiger charge is -2.14. The number of halogens is 3. The molecule has 0 aliphatic rings. The highest BCUT2D eigenvalue weighted by Gasteiger charge is 2.31. The van der Waals surface area contributed by atoms with Gasteiger partial charge in [-0.3, -0.25) is 4.98 Å². The van der Waals surface area contributed by atoms with Crippen molar-refractivity contribution in [3.05, 3.63) is 52.0 Å². The Balaban J connectivity index is 2.28. The molecule has 0 radical (unpaired) electrons. The van der Waals surface area contributed by atoms with Crippen molar-refractivity contribution in [1.29, 1.82) is 0 Å². The Labute approximate surface area is 106 Å². The van der Waals surface area contributed by atoms with Crippen molar-refractivity contribution >= 4 is 11.3 Å². The van der Waals surface area contributed by atoms with E-state index in [1.54, 1.807) is 7.05 Å². The summed E-state index contributed by atoms with van der Waals surface area (Å²) in [4.78, 5) is 4.91. The molecule has 0 aliphatic heterocycles. The Bertz CT molecular complexity index is 491. The molecule has 0 fully saturated rings. The molecule has 96 valence electrons. The summed E-state index contributed by atoms with van der Waals surface area (Å²) in [6.45, 7) is 0. The van der Waals surface area contributed by atoms with Crippen LogP contribution in [0.15, 0.2) is 35.8 Å². The van der Waals surface area contributed by atoms with E-state index in [-0.39, 0.29) is 6.04 Å². The van der Waals surface area contributed by atoms with Crippen molar-refractivity contribution in [3.8, 4) is 0 Å². The number of thiophene rings is 1. The minimum Gasteiger partial charge on any atom is -0.307 e. The van der Waals surface area contributed by atoms with E-state index in [4.69, 9.17) is 0 Å². The number of rotatable bonds is 3. The highest BCUT2D eigenvalue weighted by atomic mass is 32.1. The third-order valence-electron chi connectivity index (χ3n) is 2.53. The van der Waals surface area contributed by atoms with Gasteiger partial charge in [0.2, 0.25) is 0 Å². The summed E-state index contributed by atoms with van der Waals surface area (Å²) in [6.07, 6.45) is -3.48. The van der Waals surface area contributed by atoms with Crippen LogP contribution in [0.4, 0.5) is 13.2 Å². The van der Waals surface area contributed by atoms with Crippen molar-refractivity contribution in [3.63, 3.8) is 0 Å². The van der Waals surface area contributed by atoms with E-state index in [1.807, 2.05) is 17.5 Å². The third kappa shape index (κ3) is 2.70. The Kier molecular flexibility index (Phi) is 3.68. The van der Waals surface area contributed by atoms with E-state index in [1.165, 1.54) is 17.4 Å². The maximum absolute atomic E-state index is 12.4. The molecular formula is C12H11F3N2S. The van der Waals surface area contributed by atoms with Gasteiger partial charge in [-0.05, 0) is 30.6 Å². The molecule has 2 heterocycles. The van der Waals surface area contributed by atoms with Crippen LogP contribution in [0.5, 0.6) is 0 Å². The number of pyridine rings is 1. The predicted octanol–water partition coefficient (Wildman–Crippen LogP) is 3.47. The fourth-order valence-corrected chi connectivity index (χ4v) is 2.48. The average Bonchev–Trinajstić information content (AvgIpc) is 2.83. The van der Waals surface area contributed by atoms with E-state index in [2.05, 4.69) is 10.3 Å². The summed E-state index contributed by atoms with van der Waals surface area (Å²) >= 11 is 1.54. The molecule has 6 heteroatoms. The van der Waals surface area contributed by atoms with Gasteiger partial charge < -0.3 is 5.32 Å². The normalized spacial score (nSPS) is 13.6. The molecule has 2 nitrogen and oxygen atoms in total. The van der Waals surface area contributed by atoms with Crippen LogP contribution in [0.1, 0.15) is 22.2 Å². The zero-order chi connectivity index (χ0) is 13.2. The molecule has 0 spiro atoms. The van der Waals surface area contributed by atoms with Gasteiger partial charge in [-0.25, -0.2) is 0 Å². The van der Waals surface area contributed by atoms with E-state index in [0.29, 0.717) is 5.69 Å². The summed E-state index contributed by atoms with van der Waals surface area (Å²) in [5.41, 5.74) is -0.153. The van der Waals surface area contributed by atoms with Gasteiger partial charge in [-0.2, -0.15) is 13.2 Å². The van der Waals surface area contributed by atoms with Crippen LogP contribution in [-0.4, -0.2) is 12.0 Å². The summed E-state index contributed by atoms with van der Waals surface area (Å²) < 4.78 is 37.3. The van der Waals surface area contributed by atoms with Gasteiger partial charge in [-0.1, -0.05) is 6.07 Å². The summed E-state index contributed by atoms with van der Waals surface area (Å²) in [5.74, 6) is 0. The Hall–Kier alpha value is -1.40. The standard InChI is InChI=1S/C12H11F3N2S/c1-16-11(10-3-2-6-18-10)9-5-4-8(7-17-9)12(13,14)15/h2-7,11,16H,1H3. The van der Waals surface area contributed by atoms with Crippen molar-refractivity contribution in [2.75, 3.05) is 7.05 Å². The minimum atomic E-state index is -4.34. The first-order valence-electron chi connectivity index (χ1n) is 5.26. The van der Waals surface area contributed by atoms with Crippen molar-refractivity contribution < 1.29 is 13.2 Å². The number of nitrogens with one attached hydrogen (secondary N) is 1. The van der Waals surface area contributed by atoms with Gasteiger partial charge in [-0.15, -0.1) is 11.3 Å². The number of hydrogen-bond acceptors (Lipinski definition) is 3. The second kappa shape index (κ2) is 5.07. The van der Waals surface area contributed by atoms with Crippen LogP contribution >= 0.6 is 11.3 Å². The first-order valence-corrected chi connectivity index (χ1v) is 6.14. The number of aromatic nitrogens is 1. The second-order valence-corrected chi connectivity index (χ2v) is 4.69. The van der Waals surface area contributed by atoms with Gasteiger partial charge in [0.1, 0.15) is 0 Å². The monoisotopic (exact) mass is 272 g/mol. The SMILES string of the molecule is CNC(c1ccc(C(F)(F)F)cn1)c1cccs1. The van der Waals surface area contributed by atoms with Crippen LogP contribution in [-0.2, 0) is 6.18 Å². The van der Waals surface area contributed by atoms with Crippen LogP contribution < -0.4 is 5.32 Å². The first kappa shape index (κ1) is 13.0. The fraction of sp³-hybridized carbons (Fsp3) is 0.250. The summed E-state index contributed by atoms with van der Waals surface area (Å²) in [7, 11) is 1.75. The van der Waals surface area contributed by atoms with E-state index < -0.39 is 11.7 Å². The zero-order valence-corrected chi connectivity index (χ0v) is 10.3. The van der Waals surface area contributed by atoms with Crippen LogP contribution in [0.25, 0.3) is 0 Å². The molecule has 0 saturated heterocycles. The smallest absolute Gasteiger partial charge is 0.307 e. The first-order chi connectivity index (χ1) is 8.52. The van der Waals surface area contributed by atoms with Gasteiger partial charge in [0, 0.05) is 11.1 Å². The summed E-state index contributed by atoms with van der Waals surface area (Å²) in [5, 5.41) is 4.97. The largest absolute Gasteiger partial charge is 0.417 e. The van der Waals surface area contributed by atoms with E-state index in [0.717, 1.165) is 17.1 Å². The molecule has 18 heavy (non-hydrogen) atoms. The lowest BCUT2D eigenvalue weighted by atomic mass is 10.1. The zero-order valence-electron chi connectivity index (χ0n) is 9.53. The number of alkyl halides is 3. The highest BCUT2D eigenvalue weighted by molar-refractivity contribution is 7.10. The number of hydrogen-bond donors (Lipinski definition) is 1. The number of nitrogens with zero attached hydrogens (tertiary/aromatic N) is 1. The molecular weight excluding hydrogens is 261 g/mol. The van der Waals surface area contributed by atoms with Crippen molar-refractivity contribution in [2.24, 2.45) is 0 Å². The van der Waals surface area contributed by atoms with E-state index >= 15 is 0 Å². The molecule has 0 amide bonds. The molecule has 0 aliphatic carbocycles. The average molecular weight is 272 g/mol. The summed E-state index contributed by atoms with van der Waals surface area (Å²) in [6, 6.07) is 6.11. The van der Waals surface area contributed by atoms with Crippen LogP contribution in [0, 0.1) is 0 Å². The maximum atomic E-state index is 12.4. The Morgan fingerprint density at radius 1 is 1.28 bits per heavy atom. The van der Waals surface area contributed by atoms with Crippen molar-refractivity contribution in [2.45, 2.75) is 12.2 Å². The Morgan fingerprint density at radius 3 is 2.50 bits per heavy atom. The molecule has 2 aromatic heterocycles. The molecule has 0 aromatic carbocycles. The van der Waals surface area contributed by atoms with Gasteiger partial charge >= 0.3 is 6.18 Å². The lowest BCUT2D eigenvalue weighted by Crippen LogP contribution is -2.18. The minimum absolute atomic E-state index is 0.174. The second-order valence-electron chi connectivity index (χ2n) is 3.71. The van der Waals surface area contributed by atoms with Gasteiger partial charge in [0.05, 0.1) is 17.3 Å². The quantitative estimate of drug-likeness (QED) is 0.925. The van der Waals surface area contributed by atoms with Crippen LogP contribution in [0.3, 0.4) is 0 Å². The molecule has 1 unspecified atom stereocenters. The molecule has 2 rings (SSSR count). The van der Waals surface area contributed by atoms with E-state index in [9.17, 15) is 13.2 Å². The fourth-order valence-electron chi connectivity index (χ4n) is 1.64. The van der Waals surface area contributed by atoms with Gasteiger partial charge in [0.15, 0.2) is 0 Å². The molecule has 1 atom stereocenters. The van der Waals surface area contributed by atoms with Gasteiger partial charge in [0.25, 0.3) is 0 Å². The Morgan fingerprint density at radius 2 is 2.06 bits per heavy atom. The van der Waals surface area contributed by atoms with Crippen molar-refractivity contribution in [1.82, 2.24) is 10.3 Å². The molecule has 0 bridgehead atoms. The topological polar surface area (TPSA) is 24.9 Å². The lowest BCUT2D eigenvalue weighted by molar-refractivity contribution is -0.137.